The Morgan fingerprint density at radius 2 is 2.10 bits per heavy atom. The molecule has 2 aromatic rings. The molecule has 2 N–H and O–H groups in total. The standard InChI is InChI=1S/C14H16BrN3O2/c1-9-3-5-11(6-4-9)20-8-10(2)17-12-7-16-18-14(19)13(12)15/h3-7,10H,8H2,1-2H3,(H2,17,18,19). The summed E-state index contributed by atoms with van der Waals surface area (Å²) in [6, 6.07) is 7.92. The van der Waals surface area contributed by atoms with Crippen LogP contribution in [0.2, 0.25) is 0 Å². The molecule has 0 aliphatic carbocycles. The van der Waals surface area contributed by atoms with E-state index in [-0.39, 0.29) is 11.6 Å². The largest absolute Gasteiger partial charge is 0.491 e. The fourth-order valence-corrected chi connectivity index (χ4v) is 1.95. The van der Waals surface area contributed by atoms with Crippen molar-refractivity contribution < 1.29 is 4.74 Å². The number of rotatable bonds is 5. The van der Waals surface area contributed by atoms with Crippen molar-refractivity contribution in [2.24, 2.45) is 0 Å². The van der Waals surface area contributed by atoms with E-state index >= 15 is 0 Å². The van der Waals surface area contributed by atoms with Crippen molar-refractivity contribution in [1.29, 1.82) is 0 Å². The highest BCUT2D eigenvalue weighted by Crippen LogP contribution is 2.17. The molecule has 0 amide bonds. The van der Waals surface area contributed by atoms with Gasteiger partial charge in [0.2, 0.25) is 0 Å². The van der Waals surface area contributed by atoms with Crippen molar-refractivity contribution >= 4 is 21.6 Å². The average molecular weight is 338 g/mol. The first-order valence-corrected chi connectivity index (χ1v) is 7.05. The summed E-state index contributed by atoms with van der Waals surface area (Å²) in [5.41, 5.74) is 1.58. The summed E-state index contributed by atoms with van der Waals surface area (Å²) in [6.45, 7) is 4.50. The van der Waals surface area contributed by atoms with Gasteiger partial charge in [-0.05, 0) is 41.9 Å². The Morgan fingerprint density at radius 3 is 2.80 bits per heavy atom. The van der Waals surface area contributed by atoms with Crippen LogP contribution in [0.15, 0.2) is 39.7 Å². The predicted octanol–water partition coefficient (Wildman–Crippen LogP) is 2.72. The first kappa shape index (κ1) is 14.6. The Labute approximate surface area is 125 Å². The van der Waals surface area contributed by atoms with Crippen LogP contribution in [0.1, 0.15) is 12.5 Å². The van der Waals surface area contributed by atoms with Crippen molar-refractivity contribution in [1.82, 2.24) is 10.2 Å². The summed E-state index contributed by atoms with van der Waals surface area (Å²) < 4.78 is 6.12. The van der Waals surface area contributed by atoms with Gasteiger partial charge in [-0.1, -0.05) is 17.7 Å². The smallest absolute Gasteiger partial charge is 0.280 e. The lowest BCUT2D eigenvalue weighted by Crippen LogP contribution is -2.25. The molecule has 0 aliphatic heterocycles. The second-order valence-corrected chi connectivity index (χ2v) is 5.39. The molecule has 106 valence electrons. The Kier molecular flexibility index (Phi) is 4.79. The summed E-state index contributed by atoms with van der Waals surface area (Å²) >= 11 is 3.23. The molecule has 0 saturated carbocycles. The number of hydrogen-bond donors (Lipinski definition) is 2. The molecular formula is C14H16BrN3O2. The molecule has 0 saturated heterocycles. The van der Waals surface area contributed by atoms with Crippen LogP contribution in [-0.4, -0.2) is 22.8 Å². The third kappa shape index (κ3) is 3.84. The molecule has 1 heterocycles. The molecular weight excluding hydrogens is 322 g/mol. The SMILES string of the molecule is Cc1ccc(OCC(C)Nc2cn[nH]c(=O)c2Br)cc1. The van der Waals surface area contributed by atoms with Crippen LogP contribution >= 0.6 is 15.9 Å². The maximum Gasteiger partial charge on any atom is 0.280 e. The summed E-state index contributed by atoms with van der Waals surface area (Å²) in [6.07, 6.45) is 1.56. The fraction of sp³-hybridized carbons (Fsp3) is 0.286. The lowest BCUT2D eigenvalue weighted by Gasteiger charge is -2.16. The van der Waals surface area contributed by atoms with Gasteiger partial charge < -0.3 is 10.1 Å². The van der Waals surface area contributed by atoms with Crippen molar-refractivity contribution in [3.63, 3.8) is 0 Å². The van der Waals surface area contributed by atoms with Crippen molar-refractivity contribution in [3.8, 4) is 5.75 Å². The number of anilines is 1. The zero-order valence-electron chi connectivity index (χ0n) is 11.3. The summed E-state index contributed by atoms with van der Waals surface area (Å²) in [7, 11) is 0. The monoisotopic (exact) mass is 337 g/mol. The fourth-order valence-electron chi connectivity index (χ4n) is 1.65. The zero-order chi connectivity index (χ0) is 14.5. The minimum absolute atomic E-state index is 0.0382. The predicted molar refractivity (Wildman–Crippen MR) is 82.3 cm³/mol. The van der Waals surface area contributed by atoms with Crippen LogP contribution < -0.4 is 15.6 Å². The topological polar surface area (TPSA) is 67.0 Å². The molecule has 0 bridgehead atoms. The maximum absolute atomic E-state index is 11.4. The minimum Gasteiger partial charge on any atom is -0.491 e. The van der Waals surface area contributed by atoms with Gasteiger partial charge in [0, 0.05) is 0 Å². The number of nitrogens with zero attached hydrogens (tertiary/aromatic N) is 1. The van der Waals surface area contributed by atoms with E-state index in [0.717, 1.165) is 5.75 Å². The van der Waals surface area contributed by atoms with Gasteiger partial charge in [-0.3, -0.25) is 4.79 Å². The number of nitrogens with one attached hydrogen (secondary N) is 2. The third-order valence-corrected chi connectivity index (χ3v) is 3.51. The van der Waals surface area contributed by atoms with Gasteiger partial charge in [0.25, 0.3) is 5.56 Å². The molecule has 0 spiro atoms. The second-order valence-electron chi connectivity index (χ2n) is 4.60. The van der Waals surface area contributed by atoms with Crippen LogP contribution in [-0.2, 0) is 0 Å². The van der Waals surface area contributed by atoms with Crippen LogP contribution in [0.3, 0.4) is 0 Å². The van der Waals surface area contributed by atoms with Crippen molar-refractivity contribution in [2.45, 2.75) is 19.9 Å². The molecule has 0 fully saturated rings. The molecule has 0 radical (unpaired) electrons. The number of benzene rings is 1. The van der Waals surface area contributed by atoms with E-state index in [0.29, 0.717) is 16.8 Å². The van der Waals surface area contributed by atoms with Gasteiger partial charge in [-0.25, -0.2) is 5.10 Å². The number of aromatic nitrogens is 2. The molecule has 6 heteroatoms. The molecule has 1 aromatic carbocycles. The highest BCUT2D eigenvalue weighted by molar-refractivity contribution is 9.10. The van der Waals surface area contributed by atoms with Gasteiger partial charge in [-0.2, -0.15) is 5.10 Å². The maximum atomic E-state index is 11.4. The van der Waals surface area contributed by atoms with Gasteiger partial charge in [0.1, 0.15) is 16.8 Å². The van der Waals surface area contributed by atoms with E-state index in [4.69, 9.17) is 4.74 Å². The van der Waals surface area contributed by atoms with E-state index in [9.17, 15) is 4.79 Å². The minimum atomic E-state index is -0.262. The number of hydrogen-bond acceptors (Lipinski definition) is 4. The number of H-pyrrole nitrogens is 1. The molecule has 1 unspecified atom stereocenters. The van der Waals surface area contributed by atoms with E-state index in [1.165, 1.54) is 5.56 Å². The quantitative estimate of drug-likeness (QED) is 0.880. The molecule has 0 aliphatic rings. The van der Waals surface area contributed by atoms with Crippen molar-refractivity contribution in [2.75, 3.05) is 11.9 Å². The van der Waals surface area contributed by atoms with Crippen LogP contribution in [0.25, 0.3) is 0 Å². The van der Waals surface area contributed by atoms with Gasteiger partial charge in [0.15, 0.2) is 0 Å². The second kappa shape index (κ2) is 6.56. The van der Waals surface area contributed by atoms with Gasteiger partial charge >= 0.3 is 0 Å². The average Bonchev–Trinajstić information content (AvgIpc) is 2.43. The molecule has 1 atom stereocenters. The zero-order valence-corrected chi connectivity index (χ0v) is 12.9. The van der Waals surface area contributed by atoms with Crippen LogP contribution in [0.4, 0.5) is 5.69 Å². The van der Waals surface area contributed by atoms with E-state index in [2.05, 4.69) is 31.4 Å². The Bertz CT molecular complexity index is 625. The third-order valence-electron chi connectivity index (χ3n) is 2.72. The summed E-state index contributed by atoms with van der Waals surface area (Å²) in [5, 5.41) is 9.29. The Morgan fingerprint density at radius 1 is 1.40 bits per heavy atom. The molecule has 20 heavy (non-hydrogen) atoms. The van der Waals surface area contributed by atoms with Gasteiger partial charge in [0.05, 0.1) is 17.9 Å². The molecule has 2 rings (SSSR count). The van der Waals surface area contributed by atoms with Crippen LogP contribution in [0, 0.1) is 6.92 Å². The lowest BCUT2D eigenvalue weighted by molar-refractivity contribution is 0.304. The van der Waals surface area contributed by atoms with Crippen LogP contribution in [0.5, 0.6) is 5.75 Å². The van der Waals surface area contributed by atoms with Gasteiger partial charge in [-0.15, -0.1) is 0 Å². The highest BCUT2D eigenvalue weighted by Gasteiger charge is 2.08. The number of aryl methyl sites for hydroxylation is 1. The Balaban J connectivity index is 1.92. The Hall–Kier alpha value is -1.82. The summed E-state index contributed by atoms with van der Waals surface area (Å²) in [5.74, 6) is 0.826. The first-order valence-electron chi connectivity index (χ1n) is 6.25. The van der Waals surface area contributed by atoms with Crippen molar-refractivity contribution in [3.05, 3.63) is 50.9 Å². The first-order chi connectivity index (χ1) is 9.56. The summed E-state index contributed by atoms with van der Waals surface area (Å²) in [4.78, 5) is 11.4. The van der Waals surface area contributed by atoms with E-state index in [1.54, 1.807) is 6.20 Å². The molecule has 5 nitrogen and oxygen atoms in total. The number of aromatic amines is 1. The normalized spacial score (nSPS) is 11.9. The lowest BCUT2D eigenvalue weighted by atomic mass is 10.2. The number of ether oxygens (including phenoxy) is 1. The number of halogens is 1. The van der Waals surface area contributed by atoms with E-state index in [1.807, 2.05) is 38.1 Å². The van der Waals surface area contributed by atoms with E-state index < -0.39 is 0 Å². The highest BCUT2D eigenvalue weighted by atomic mass is 79.9. The molecule has 1 aromatic heterocycles.